The van der Waals surface area contributed by atoms with Gasteiger partial charge in [-0.1, -0.05) is 6.07 Å². The van der Waals surface area contributed by atoms with Gasteiger partial charge in [0.25, 0.3) is 5.91 Å². The minimum atomic E-state index is -0.00688. The SMILES string of the molecule is CN(C)C(=O)c1cccc(SCl)c1. The number of rotatable bonds is 2. The summed E-state index contributed by atoms with van der Waals surface area (Å²) in [7, 11) is 10.1. The molecule has 0 aromatic heterocycles. The van der Waals surface area contributed by atoms with Crippen molar-refractivity contribution in [3.05, 3.63) is 29.8 Å². The van der Waals surface area contributed by atoms with E-state index in [1.165, 1.54) is 4.90 Å². The van der Waals surface area contributed by atoms with Gasteiger partial charge in [0.05, 0.1) is 0 Å². The van der Waals surface area contributed by atoms with E-state index < -0.39 is 0 Å². The highest BCUT2D eigenvalue weighted by Crippen LogP contribution is 2.22. The predicted octanol–water partition coefficient (Wildman–Crippen LogP) is 2.63. The fraction of sp³-hybridized carbons (Fsp3) is 0.222. The number of nitrogens with zero attached hydrogens (tertiary/aromatic N) is 1. The standard InChI is InChI=1S/C9H10ClNOS/c1-11(2)9(12)7-4-3-5-8(6-7)13-10/h3-6H,1-2H3. The van der Waals surface area contributed by atoms with Crippen molar-refractivity contribution >= 4 is 27.6 Å². The van der Waals surface area contributed by atoms with Gasteiger partial charge in [0.15, 0.2) is 0 Å². The Morgan fingerprint density at radius 2 is 2.15 bits per heavy atom. The Morgan fingerprint density at radius 3 is 2.69 bits per heavy atom. The predicted molar refractivity (Wildman–Crippen MR) is 56.2 cm³/mol. The molecule has 0 radical (unpaired) electrons. The second kappa shape index (κ2) is 4.53. The first-order valence-corrected chi connectivity index (χ1v) is 5.39. The summed E-state index contributed by atoms with van der Waals surface area (Å²) in [4.78, 5) is 13.9. The van der Waals surface area contributed by atoms with Gasteiger partial charge in [-0.25, -0.2) is 0 Å². The van der Waals surface area contributed by atoms with Gasteiger partial charge < -0.3 is 4.90 Å². The van der Waals surface area contributed by atoms with Gasteiger partial charge in [-0.2, -0.15) is 0 Å². The minimum Gasteiger partial charge on any atom is -0.345 e. The van der Waals surface area contributed by atoms with Crippen molar-refractivity contribution in [1.82, 2.24) is 4.90 Å². The summed E-state index contributed by atoms with van der Waals surface area (Å²) >= 11 is 0. The van der Waals surface area contributed by atoms with E-state index in [4.69, 9.17) is 10.7 Å². The maximum Gasteiger partial charge on any atom is 0.253 e. The van der Waals surface area contributed by atoms with Crippen LogP contribution in [-0.2, 0) is 0 Å². The van der Waals surface area contributed by atoms with Crippen LogP contribution >= 0.6 is 21.7 Å². The first kappa shape index (κ1) is 10.4. The molecule has 0 saturated heterocycles. The summed E-state index contributed by atoms with van der Waals surface area (Å²) in [6.07, 6.45) is 0. The molecule has 0 aliphatic rings. The third-order valence-corrected chi connectivity index (χ3v) is 2.54. The quantitative estimate of drug-likeness (QED) is 0.756. The van der Waals surface area contributed by atoms with E-state index in [1.54, 1.807) is 26.2 Å². The van der Waals surface area contributed by atoms with Gasteiger partial charge in [-0.3, -0.25) is 4.79 Å². The Balaban J connectivity index is 2.95. The van der Waals surface area contributed by atoms with Gasteiger partial charge in [0.1, 0.15) is 0 Å². The minimum absolute atomic E-state index is 0.00688. The largest absolute Gasteiger partial charge is 0.345 e. The second-order valence-corrected chi connectivity index (χ2v) is 3.89. The van der Waals surface area contributed by atoms with Crippen LogP contribution in [0.2, 0.25) is 0 Å². The van der Waals surface area contributed by atoms with Gasteiger partial charge in [0, 0.05) is 24.6 Å². The molecule has 1 aromatic carbocycles. The molecule has 0 atom stereocenters. The van der Waals surface area contributed by atoms with Crippen LogP contribution in [0.3, 0.4) is 0 Å². The van der Waals surface area contributed by atoms with Crippen LogP contribution in [-0.4, -0.2) is 24.9 Å². The van der Waals surface area contributed by atoms with E-state index >= 15 is 0 Å². The summed E-state index contributed by atoms with van der Waals surface area (Å²) in [6.45, 7) is 0. The molecule has 0 aliphatic carbocycles. The molecule has 0 N–H and O–H groups in total. The van der Waals surface area contributed by atoms with Crippen molar-refractivity contribution in [1.29, 1.82) is 0 Å². The molecule has 70 valence electrons. The molecule has 0 unspecified atom stereocenters. The Labute approximate surface area is 86.4 Å². The summed E-state index contributed by atoms with van der Waals surface area (Å²) in [5.41, 5.74) is 0.663. The van der Waals surface area contributed by atoms with E-state index in [0.29, 0.717) is 5.56 Å². The molecule has 0 spiro atoms. The zero-order chi connectivity index (χ0) is 9.84. The monoisotopic (exact) mass is 215 g/mol. The Bertz CT molecular complexity index is 314. The van der Waals surface area contributed by atoms with E-state index in [-0.39, 0.29) is 5.91 Å². The van der Waals surface area contributed by atoms with Crippen LogP contribution in [0.25, 0.3) is 0 Å². The molecule has 0 bridgehead atoms. The Hall–Kier alpha value is -0.670. The van der Waals surface area contributed by atoms with E-state index in [1.807, 2.05) is 12.1 Å². The zero-order valence-corrected chi connectivity index (χ0v) is 9.02. The molecule has 2 nitrogen and oxygen atoms in total. The first-order chi connectivity index (χ1) is 6.15. The summed E-state index contributed by atoms with van der Waals surface area (Å²) in [5.74, 6) is -0.00688. The van der Waals surface area contributed by atoms with Crippen LogP contribution in [0.4, 0.5) is 0 Å². The van der Waals surface area contributed by atoms with E-state index in [0.717, 1.165) is 15.9 Å². The van der Waals surface area contributed by atoms with Crippen molar-refractivity contribution in [3.63, 3.8) is 0 Å². The number of halogens is 1. The molecular formula is C9H10ClNOS. The Kier molecular flexibility index (Phi) is 3.63. The number of hydrogen-bond acceptors (Lipinski definition) is 2. The van der Waals surface area contributed by atoms with Crippen LogP contribution in [0.1, 0.15) is 10.4 Å². The molecule has 4 heteroatoms. The fourth-order valence-corrected chi connectivity index (χ4v) is 1.52. The van der Waals surface area contributed by atoms with Gasteiger partial charge in [0.2, 0.25) is 0 Å². The number of carbonyl (C=O) groups excluding carboxylic acids is 1. The molecule has 0 heterocycles. The van der Waals surface area contributed by atoms with Crippen LogP contribution < -0.4 is 0 Å². The highest BCUT2D eigenvalue weighted by atomic mass is 35.7. The Morgan fingerprint density at radius 1 is 1.46 bits per heavy atom. The zero-order valence-electron chi connectivity index (χ0n) is 7.45. The summed E-state index contributed by atoms with van der Waals surface area (Å²) < 4.78 is 0. The van der Waals surface area contributed by atoms with Crippen LogP contribution in [0.15, 0.2) is 29.2 Å². The lowest BCUT2D eigenvalue weighted by Gasteiger charge is -2.10. The highest BCUT2D eigenvalue weighted by Gasteiger charge is 2.07. The van der Waals surface area contributed by atoms with Gasteiger partial charge in [-0.15, -0.1) is 0 Å². The number of carbonyl (C=O) groups is 1. The number of amides is 1. The molecule has 0 aliphatic heterocycles. The molecule has 1 amide bonds. The lowest BCUT2D eigenvalue weighted by molar-refractivity contribution is 0.0827. The topological polar surface area (TPSA) is 20.3 Å². The number of benzene rings is 1. The normalized spacial score (nSPS) is 9.77. The lowest BCUT2D eigenvalue weighted by Crippen LogP contribution is -2.21. The maximum absolute atomic E-state index is 11.5. The molecule has 13 heavy (non-hydrogen) atoms. The summed E-state index contributed by atoms with van der Waals surface area (Å²) in [5, 5.41) is 0. The lowest BCUT2D eigenvalue weighted by atomic mass is 10.2. The fourth-order valence-electron chi connectivity index (χ4n) is 0.935. The molecule has 1 aromatic rings. The van der Waals surface area contributed by atoms with Crippen molar-refractivity contribution in [2.24, 2.45) is 0 Å². The molecule has 0 fully saturated rings. The van der Waals surface area contributed by atoms with Crippen LogP contribution in [0, 0.1) is 0 Å². The number of hydrogen-bond donors (Lipinski definition) is 0. The average molecular weight is 216 g/mol. The van der Waals surface area contributed by atoms with Crippen LogP contribution in [0.5, 0.6) is 0 Å². The maximum atomic E-state index is 11.5. The first-order valence-electron chi connectivity index (χ1n) is 3.75. The molecule has 1 rings (SSSR count). The summed E-state index contributed by atoms with van der Waals surface area (Å²) in [6, 6.07) is 7.24. The van der Waals surface area contributed by atoms with Crippen molar-refractivity contribution < 1.29 is 4.79 Å². The molecular weight excluding hydrogens is 206 g/mol. The van der Waals surface area contributed by atoms with Crippen molar-refractivity contribution in [2.75, 3.05) is 14.1 Å². The second-order valence-electron chi connectivity index (χ2n) is 2.80. The average Bonchev–Trinajstić information content (AvgIpc) is 2.16. The third kappa shape index (κ3) is 2.64. The van der Waals surface area contributed by atoms with E-state index in [9.17, 15) is 4.79 Å². The van der Waals surface area contributed by atoms with Gasteiger partial charge in [-0.05, 0) is 39.9 Å². The highest BCUT2D eigenvalue weighted by molar-refractivity contribution is 8.21. The van der Waals surface area contributed by atoms with Crippen molar-refractivity contribution in [3.8, 4) is 0 Å². The van der Waals surface area contributed by atoms with E-state index in [2.05, 4.69) is 0 Å². The van der Waals surface area contributed by atoms with Crippen molar-refractivity contribution in [2.45, 2.75) is 4.90 Å². The third-order valence-electron chi connectivity index (χ3n) is 1.58. The molecule has 0 saturated carbocycles. The van der Waals surface area contributed by atoms with Gasteiger partial charge >= 0.3 is 0 Å². The smallest absolute Gasteiger partial charge is 0.253 e.